The Labute approximate surface area is 122 Å². The van der Waals surface area contributed by atoms with Crippen LogP contribution < -0.4 is 0 Å². The van der Waals surface area contributed by atoms with Crippen LogP contribution in [0.5, 0.6) is 0 Å². The fourth-order valence-corrected chi connectivity index (χ4v) is 2.59. The number of hydrogen-bond acceptors (Lipinski definition) is 4. The van der Waals surface area contributed by atoms with Crippen LogP contribution in [-0.2, 0) is 9.53 Å². The predicted molar refractivity (Wildman–Crippen MR) is 78.1 cm³/mol. The molecule has 5 heteroatoms. The van der Waals surface area contributed by atoms with Crippen molar-refractivity contribution in [2.45, 2.75) is 30.4 Å². The summed E-state index contributed by atoms with van der Waals surface area (Å²) in [6, 6.07) is 7.05. The highest BCUT2D eigenvalue weighted by molar-refractivity contribution is 8.01. The molecule has 0 saturated heterocycles. The van der Waals surface area contributed by atoms with E-state index in [1.165, 1.54) is 11.8 Å². The molecule has 0 aliphatic heterocycles. The largest absolute Gasteiger partial charge is 0.465 e. The quantitative estimate of drug-likeness (QED) is 0.349. The van der Waals surface area contributed by atoms with Gasteiger partial charge in [-0.1, -0.05) is 12.1 Å². The first-order valence-corrected chi connectivity index (χ1v) is 7.31. The Kier molecular flexibility index (Phi) is 5.88. The monoisotopic (exact) mass is 300 g/mol. The van der Waals surface area contributed by atoms with Gasteiger partial charge in [-0.15, -0.1) is 23.4 Å². The van der Waals surface area contributed by atoms with E-state index in [1.54, 1.807) is 19.1 Å². The van der Waals surface area contributed by atoms with Gasteiger partial charge in [-0.05, 0) is 32.9 Å². The number of alkyl halides is 1. The van der Waals surface area contributed by atoms with Gasteiger partial charge in [-0.25, -0.2) is 0 Å². The topological polar surface area (TPSA) is 43.4 Å². The van der Waals surface area contributed by atoms with Gasteiger partial charge >= 0.3 is 5.97 Å². The number of carbonyl (C=O) groups excluding carboxylic acids is 2. The average Bonchev–Trinajstić information content (AvgIpc) is 2.38. The number of esters is 1. The standard InChI is InChI=1S/C14H17ClO3S/c1-4-18-13(17)14(2,3)19-11-7-5-10(6-8-11)12(16)9-15/h5-8H,4,9H2,1-3H3. The first kappa shape index (κ1) is 16.1. The highest BCUT2D eigenvalue weighted by atomic mass is 35.5. The van der Waals surface area contributed by atoms with Crippen molar-refractivity contribution < 1.29 is 14.3 Å². The lowest BCUT2D eigenvalue weighted by Gasteiger charge is -2.21. The molecule has 0 bridgehead atoms. The molecule has 0 heterocycles. The zero-order chi connectivity index (χ0) is 14.5. The fourth-order valence-electron chi connectivity index (χ4n) is 1.43. The molecule has 0 spiro atoms. The maximum atomic E-state index is 11.8. The number of hydrogen-bond donors (Lipinski definition) is 0. The van der Waals surface area contributed by atoms with Crippen molar-refractivity contribution in [2.24, 2.45) is 0 Å². The third-order valence-electron chi connectivity index (χ3n) is 2.44. The molecule has 0 aliphatic carbocycles. The van der Waals surface area contributed by atoms with Gasteiger partial charge in [0.1, 0.15) is 4.75 Å². The number of ether oxygens (including phenoxy) is 1. The lowest BCUT2D eigenvalue weighted by molar-refractivity contribution is -0.145. The van der Waals surface area contributed by atoms with E-state index in [1.807, 2.05) is 26.0 Å². The molecular formula is C14H17ClO3S. The summed E-state index contributed by atoms with van der Waals surface area (Å²) in [5.41, 5.74) is 0.577. The van der Waals surface area contributed by atoms with Gasteiger partial charge in [-0.2, -0.15) is 0 Å². The van der Waals surface area contributed by atoms with E-state index in [0.717, 1.165) is 4.90 Å². The summed E-state index contributed by atoms with van der Waals surface area (Å²) >= 11 is 6.90. The molecule has 3 nitrogen and oxygen atoms in total. The van der Waals surface area contributed by atoms with Crippen LogP contribution in [0.4, 0.5) is 0 Å². The van der Waals surface area contributed by atoms with Gasteiger partial charge in [0.2, 0.25) is 0 Å². The Hall–Kier alpha value is -1.00. The average molecular weight is 301 g/mol. The smallest absolute Gasteiger partial charge is 0.321 e. The van der Waals surface area contributed by atoms with Crippen molar-refractivity contribution in [2.75, 3.05) is 12.5 Å². The zero-order valence-corrected chi connectivity index (χ0v) is 12.8. The highest BCUT2D eigenvalue weighted by Gasteiger charge is 2.30. The normalized spacial score (nSPS) is 11.2. The summed E-state index contributed by atoms with van der Waals surface area (Å²) in [5.74, 6) is -0.385. The molecule has 0 aromatic heterocycles. The van der Waals surface area contributed by atoms with E-state index < -0.39 is 4.75 Å². The van der Waals surface area contributed by atoms with Gasteiger partial charge < -0.3 is 4.74 Å². The molecule has 0 unspecified atom stereocenters. The predicted octanol–water partition coefficient (Wildman–Crippen LogP) is 3.54. The van der Waals surface area contributed by atoms with E-state index in [4.69, 9.17) is 16.3 Å². The van der Waals surface area contributed by atoms with Gasteiger partial charge in [-0.3, -0.25) is 9.59 Å². The maximum absolute atomic E-state index is 11.8. The van der Waals surface area contributed by atoms with Crippen molar-refractivity contribution >= 4 is 35.1 Å². The second-order valence-corrected chi connectivity index (χ2v) is 6.38. The summed E-state index contributed by atoms with van der Waals surface area (Å²) in [7, 11) is 0. The third-order valence-corrected chi connectivity index (χ3v) is 3.87. The first-order chi connectivity index (χ1) is 8.90. The van der Waals surface area contributed by atoms with Gasteiger partial charge in [0, 0.05) is 10.5 Å². The van der Waals surface area contributed by atoms with Crippen LogP contribution in [0.1, 0.15) is 31.1 Å². The minimum atomic E-state index is -0.659. The van der Waals surface area contributed by atoms with E-state index >= 15 is 0 Å². The molecule has 0 fully saturated rings. The van der Waals surface area contributed by atoms with Crippen molar-refractivity contribution in [3.8, 4) is 0 Å². The minimum absolute atomic E-state index is 0.0270. The lowest BCUT2D eigenvalue weighted by atomic mass is 10.1. The molecule has 0 aliphatic rings. The molecule has 1 aromatic rings. The zero-order valence-electron chi connectivity index (χ0n) is 11.2. The van der Waals surface area contributed by atoms with Crippen LogP contribution in [0, 0.1) is 0 Å². The Bertz CT molecular complexity index is 454. The van der Waals surface area contributed by atoms with Gasteiger partial charge in [0.25, 0.3) is 0 Å². The molecule has 0 atom stereocenters. The van der Waals surface area contributed by atoms with Crippen LogP contribution in [-0.4, -0.2) is 29.0 Å². The van der Waals surface area contributed by atoms with Crippen LogP contribution in [0.3, 0.4) is 0 Å². The number of thioether (sulfide) groups is 1. The Morgan fingerprint density at radius 2 is 1.84 bits per heavy atom. The molecule has 1 rings (SSSR count). The minimum Gasteiger partial charge on any atom is -0.465 e. The van der Waals surface area contributed by atoms with Crippen molar-refractivity contribution in [3.05, 3.63) is 29.8 Å². The summed E-state index contributed by atoms with van der Waals surface area (Å²) < 4.78 is 4.37. The van der Waals surface area contributed by atoms with Crippen molar-refractivity contribution in [3.63, 3.8) is 0 Å². The van der Waals surface area contributed by atoms with Gasteiger partial charge in [0.05, 0.1) is 12.5 Å². The van der Waals surface area contributed by atoms with Crippen LogP contribution in [0.25, 0.3) is 0 Å². The molecule has 1 aromatic carbocycles. The summed E-state index contributed by atoms with van der Waals surface area (Å²) in [6.45, 7) is 5.78. The molecular weight excluding hydrogens is 284 g/mol. The summed E-state index contributed by atoms with van der Waals surface area (Å²) in [4.78, 5) is 24.1. The van der Waals surface area contributed by atoms with Gasteiger partial charge in [0.15, 0.2) is 5.78 Å². The highest BCUT2D eigenvalue weighted by Crippen LogP contribution is 2.33. The second kappa shape index (κ2) is 6.96. The maximum Gasteiger partial charge on any atom is 0.321 e. The lowest BCUT2D eigenvalue weighted by Crippen LogP contribution is -2.29. The number of rotatable bonds is 6. The Balaban J connectivity index is 2.77. The molecule has 0 N–H and O–H groups in total. The van der Waals surface area contributed by atoms with E-state index in [9.17, 15) is 9.59 Å². The number of carbonyl (C=O) groups is 2. The third kappa shape index (κ3) is 4.55. The van der Waals surface area contributed by atoms with E-state index in [2.05, 4.69) is 0 Å². The van der Waals surface area contributed by atoms with E-state index in [0.29, 0.717) is 12.2 Å². The Morgan fingerprint density at radius 1 is 1.26 bits per heavy atom. The number of Topliss-reactive ketones (excluding diaryl/α,β-unsaturated/α-hetero) is 1. The number of halogens is 1. The van der Waals surface area contributed by atoms with E-state index in [-0.39, 0.29) is 17.6 Å². The van der Waals surface area contributed by atoms with Crippen molar-refractivity contribution in [1.82, 2.24) is 0 Å². The molecule has 0 saturated carbocycles. The summed E-state index contributed by atoms with van der Waals surface area (Å²) in [6.07, 6.45) is 0. The molecule has 104 valence electrons. The Morgan fingerprint density at radius 3 is 2.32 bits per heavy atom. The van der Waals surface area contributed by atoms with Crippen molar-refractivity contribution in [1.29, 1.82) is 0 Å². The van der Waals surface area contributed by atoms with Crippen LogP contribution in [0.15, 0.2) is 29.2 Å². The SMILES string of the molecule is CCOC(=O)C(C)(C)Sc1ccc(C(=O)CCl)cc1. The summed E-state index contributed by atoms with van der Waals surface area (Å²) in [5, 5.41) is 0. The molecule has 19 heavy (non-hydrogen) atoms. The fraction of sp³-hybridized carbons (Fsp3) is 0.429. The molecule has 0 amide bonds. The van der Waals surface area contributed by atoms with Crippen LogP contribution in [0.2, 0.25) is 0 Å². The molecule has 0 radical (unpaired) electrons. The van der Waals surface area contributed by atoms with Crippen LogP contribution >= 0.6 is 23.4 Å². The first-order valence-electron chi connectivity index (χ1n) is 5.96. The number of benzene rings is 1. The number of ketones is 1. The second-order valence-electron chi connectivity index (χ2n) is 4.41.